The van der Waals surface area contributed by atoms with Crippen LogP contribution in [0.3, 0.4) is 0 Å². The molecule has 1 aromatic heterocycles. The molecule has 4 nitrogen and oxygen atoms in total. The van der Waals surface area contributed by atoms with Gasteiger partial charge in [0.25, 0.3) is 11.7 Å². The number of hydrogen-bond acceptors (Lipinski definition) is 4. The molecular weight excluding hydrogens is 299 g/mol. The van der Waals surface area contributed by atoms with Crippen molar-refractivity contribution in [2.24, 2.45) is 5.73 Å². The van der Waals surface area contributed by atoms with Crippen molar-refractivity contribution in [1.82, 2.24) is 4.98 Å². The molecule has 0 spiro atoms. The number of nitrogens with zero attached hydrogens (tertiary/aromatic N) is 1. The minimum Gasteiger partial charge on any atom is -0.403 e. The minimum atomic E-state index is -5.17. The Kier molecular flexibility index (Phi) is 4.64. The van der Waals surface area contributed by atoms with Gasteiger partial charge in [-0.05, 0) is 17.7 Å². The summed E-state index contributed by atoms with van der Waals surface area (Å²) in [4.78, 5) is 14.2. The average Bonchev–Trinajstić information content (AvgIpc) is 2.25. The Morgan fingerprint density at radius 2 is 2.05 bits per heavy atom. The van der Waals surface area contributed by atoms with E-state index in [0.29, 0.717) is 6.07 Å². The molecule has 1 rings (SSSR count). The van der Waals surface area contributed by atoms with Gasteiger partial charge in [0, 0.05) is 12.1 Å². The maximum Gasteiger partial charge on any atom is 0.573 e. The molecule has 1 heterocycles. The van der Waals surface area contributed by atoms with Crippen LogP contribution in [0.25, 0.3) is 0 Å². The molecule has 0 aliphatic heterocycles. The number of nitrogens with two attached hydrogens (primary N) is 1. The predicted octanol–water partition coefficient (Wildman–Crippen LogP) is 2.76. The van der Waals surface area contributed by atoms with E-state index in [1.165, 1.54) is 0 Å². The molecule has 0 aliphatic carbocycles. The summed E-state index contributed by atoms with van der Waals surface area (Å²) in [7, 11) is 0. The smallest absolute Gasteiger partial charge is 0.403 e. The van der Waals surface area contributed by atoms with E-state index in [1.807, 2.05) is 0 Å². The lowest BCUT2D eigenvalue weighted by Crippen LogP contribution is -2.20. The molecule has 0 aliphatic rings. The highest BCUT2D eigenvalue weighted by Crippen LogP contribution is 2.32. The van der Waals surface area contributed by atoms with Crippen LogP contribution in [0.5, 0.6) is 5.75 Å². The van der Waals surface area contributed by atoms with Crippen molar-refractivity contribution in [3.63, 3.8) is 0 Å². The summed E-state index contributed by atoms with van der Waals surface area (Å²) in [5.74, 6) is -1.19. The molecule has 2 N–H and O–H groups in total. The van der Waals surface area contributed by atoms with Gasteiger partial charge >= 0.3 is 6.36 Å². The highest BCUT2D eigenvalue weighted by molar-refractivity contribution is 6.67. The van der Waals surface area contributed by atoms with Gasteiger partial charge in [0.05, 0.1) is 5.69 Å². The van der Waals surface area contributed by atoms with E-state index in [2.05, 4.69) is 9.72 Å². The number of aromatic nitrogens is 1. The Bertz CT molecular complexity index is 492. The first-order chi connectivity index (χ1) is 8.65. The molecule has 0 saturated carbocycles. The molecule has 0 saturated heterocycles. The van der Waals surface area contributed by atoms with Crippen molar-refractivity contribution >= 4 is 16.8 Å². The second kappa shape index (κ2) is 5.66. The maximum atomic E-state index is 12.6. The fourth-order valence-electron chi connectivity index (χ4n) is 1.24. The molecule has 0 bridgehead atoms. The molecule has 106 valence electrons. The molecule has 0 radical (unpaired) electrons. The van der Waals surface area contributed by atoms with E-state index in [0.717, 1.165) is 0 Å². The van der Waals surface area contributed by atoms with E-state index >= 15 is 0 Å². The van der Waals surface area contributed by atoms with Crippen molar-refractivity contribution in [2.75, 3.05) is 0 Å². The fourth-order valence-corrected chi connectivity index (χ4v) is 1.38. The average molecular weight is 305 g/mol. The Balaban J connectivity index is 3.41. The maximum absolute atomic E-state index is 12.6. The summed E-state index contributed by atoms with van der Waals surface area (Å²) >= 11 is 5.02. The molecule has 0 aromatic carbocycles. The summed E-state index contributed by atoms with van der Waals surface area (Å²) < 4.78 is 64.9. The number of hydrogen-bond donors (Lipinski definition) is 1. The predicted molar refractivity (Wildman–Crippen MR) is 54.0 cm³/mol. The van der Waals surface area contributed by atoms with Gasteiger partial charge in [0.2, 0.25) is 0 Å². The highest BCUT2D eigenvalue weighted by Gasteiger charge is 2.34. The van der Waals surface area contributed by atoms with Gasteiger partial charge < -0.3 is 10.5 Å². The zero-order chi connectivity index (χ0) is 14.8. The van der Waals surface area contributed by atoms with Crippen molar-refractivity contribution in [2.45, 2.75) is 19.3 Å². The second-order valence-corrected chi connectivity index (χ2v) is 3.54. The fraction of sp³-hybridized carbons (Fsp3) is 0.333. The normalized spacial score (nSPS) is 11.8. The topological polar surface area (TPSA) is 65.2 Å². The SMILES string of the molecule is NCc1nc(C(=O)Cl)c(OC(F)(F)F)cc1C(F)F. The lowest BCUT2D eigenvalue weighted by molar-refractivity contribution is -0.274. The summed E-state index contributed by atoms with van der Waals surface area (Å²) in [6, 6.07) is 0.350. The number of pyridine rings is 1. The van der Waals surface area contributed by atoms with Gasteiger partial charge in [-0.1, -0.05) is 0 Å². The van der Waals surface area contributed by atoms with Crippen molar-refractivity contribution in [3.05, 3.63) is 23.0 Å². The second-order valence-electron chi connectivity index (χ2n) is 3.20. The Morgan fingerprint density at radius 3 is 2.42 bits per heavy atom. The molecule has 19 heavy (non-hydrogen) atoms. The number of rotatable bonds is 4. The van der Waals surface area contributed by atoms with Crippen LogP contribution in [0.4, 0.5) is 22.0 Å². The molecule has 0 fully saturated rings. The van der Waals surface area contributed by atoms with Crippen molar-refractivity contribution in [3.8, 4) is 5.75 Å². The summed E-state index contributed by atoms with van der Waals surface area (Å²) in [6.45, 7) is -0.497. The molecule has 0 atom stereocenters. The van der Waals surface area contributed by atoms with Crippen LogP contribution < -0.4 is 10.5 Å². The van der Waals surface area contributed by atoms with Crippen LogP contribution in [-0.2, 0) is 6.54 Å². The highest BCUT2D eigenvalue weighted by atomic mass is 35.5. The van der Waals surface area contributed by atoms with Gasteiger partial charge in [-0.3, -0.25) is 4.79 Å². The summed E-state index contributed by atoms with van der Waals surface area (Å²) in [5, 5.41) is -1.38. The van der Waals surface area contributed by atoms with E-state index in [-0.39, 0.29) is 0 Å². The Morgan fingerprint density at radius 1 is 1.47 bits per heavy atom. The third kappa shape index (κ3) is 4.00. The van der Waals surface area contributed by atoms with Crippen LogP contribution in [0, 0.1) is 0 Å². The lowest BCUT2D eigenvalue weighted by atomic mass is 10.1. The summed E-state index contributed by atoms with van der Waals surface area (Å²) in [5.41, 5.74) is 2.90. The van der Waals surface area contributed by atoms with E-state index < -0.39 is 47.3 Å². The number of halogens is 6. The molecule has 0 unspecified atom stereocenters. The summed E-state index contributed by atoms with van der Waals surface area (Å²) in [6.07, 6.45) is -8.30. The molecule has 10 heteroatoms. The van der Waals surface area contributed by atoms with Crippen LogP contribution in [-0.4, -0.2) is 16.6 Å². The van der Waals surface area contributed by atoms with Crippen LogP contribution >= 0.6 is 11.6 Å². The molecule has 1 aromatic rings. The molecular formula is C9H6ClF5N2O2. The standard InChI is InChI=1S/C9H6ClF5N2O2/c10-7(18)6-5(19-9(13,14)15)1-3(8(11)12)4(2-16)17-6/h1,8H,2,16H2. The largest absolute Gasteiger partial charge is 0.573 e. The van der Waals surface area contributed by atoms with Crippen LogP contribution in [0.2, 0.25) is 0 Å². The quantitative estimate of drug-likeness (QED) is 0.686. The lowest BCUT2D eigenvalue weighted by Gasteiger charge is -2.14. The first kappa shape index (κ1) is 15.6. The number of ether oxygens (including phenoxy) is 1. The zero-order valence-corrected chi connectivity index (χ0v) is 9.73. The van der Waals surface area contributed by atoms with E-state index in [4.69, 9.17) is 17.3 Å². The van der Waals surface area contributed by atoms with Crippen LogP contribution in [0.15, 0.2) is 6.07 Å². The monoisotopic (exact) mass is 304 g/mol. The van der Waals surface area contributed by atoms with E-state index in [9.17, 15) is 26.7 Å². The zero-order valence-electron chi connectivity index (χ0n) is 8.97. The number of carbonyl (C=O) groups is 1. The van der Waals surface area contributed by atoms with E-state index in [1.54, 1.807) is 0 Å². The number of alkyl halides is 5. The van der Waals surface area contributed by atoms with Gasteiger partial charge in [-0.25, -0.2) is 13.8 Å². The molecule has 0 amide bonds. The third-order valence-electron chi connectivity index (χ3n) is 1.94. The first-order valence-electron chi connectivity index (χ1n) is 4.63. The van der Waals surface area contributed by atoms with Gasteiger partial charge in [-0.2, -0.15) is 0 Å². The number of carbonyl (C=O) groups excluding carboxylic acids is 1. The minimum absolute atomic E-state index is 0.350. The Hall–Kier alpha value is -1.48. The van der Waals surface area contributed by atoms with Crippen molar-refractivity contribution in [1.29, 1.82) is 0 Å². The van der Waals surface area contributed by atoms with Gasteiger partial charge in [0.1, 0.15) is 0 Å². The van der Waals surface area contributed by atoms with Gasteiger partial charge in [-0.15, -0.1) is 13.2 Å². The van der Waals surface area contributed by atoms with Crippen LogP contribution in [0.1, 0.15) is 28.2 Å². The van der Waals surface area contributed by atoms with Gasteiger partial charge in [0.15, 0.2) is 11.4 Å². The van der Waals surface area contributed by atoms with Crippen molar-refractivity contribution < 1.29 is 31.5 Å². The Labute approximate surface area is 108 Å². The first-order valence-corrected chi connectivity index (χ1v) is 5.01. The third-order valence-corrected chi connectivity index (χ3v) is 2.12.